The Kier molecular flexibility index (Phi) is 6.01. The molecule has 5 nitrogen and oxygen atoms in total. The fourth-order valence-electron chi connectivity index (χ4n) is 7.27. The minimum atomic E-state index is -0.732. The highest BCUT2D eigenvalue weighted by Gasteiger charge is 2.61. The molecule has 1 heterocycles. The summed E-state index contributed by atoms with van der Waals surface area (Å²) in [6.45, 7) is 9.19. The van der Waals surface area contributed by atoms with Gasteiger partial charge in [-0.2, -0.15) is 0 Å². The Morgan fingerprint density at radius 1 is 1.15 bits per heavy atom. The lowest BCUT2D eigenvalue weighted by molar-refractivity contribution is -0.227. The van der Waals surface area contributed by atoms with Gasteiger partial charge in [0.2, 0.25) is 0 Å². The van der Waals surface area contributed by atoms with Gasteiger partial charge in [-0.25, -0.2) is 0 Å². The average Bonchev–Trinajstić information content (AvgIpc) is 2.79. The molecule has 1 aromatic rings. The number of carbonyl (C=O) groups excluding carboxylic acids is 2. The van der Waals surface area contributed by atoms with E-state index in [1.165, 1.54) is 0 Å². The Morgan fingerprint density at radius 2 is 1.88 bits per heavy atom. The van der Waals surface area contributed by atoms with Crippen LogP contribution in [0.5, 0.6) is 0 Å². The number of rotatable bonds is 4. The lowest BCUT2D eigenvalue weighted by atomic mass is 9.49. The molecule has 1 aliphatic heterocycles. The first-order chi connectivity index (χ1) is 16.1. The molecule has 3 fully saturated rings. The number of ether oxygens (including phenoxy) is 2. The van der Waals surface area contributed by atoms with Crippen molar-refractivity contribution in [1.29, 1.82) is 0 Å². The molecule has 1 aromatic carbocycles. The first-order valence-corrected chi connectivity index (χ1v) is 12.9. The SMILES string of the molecule is CC1=C2CC(=O)C3(C)C(O)CC4OCC4C3CC(C[C@@H]1OC(=O)CCc1ccccc1)C2(C)C. The molecule has 6 unspecified atom stereocenters. The van der Waals surface area contributed by atoms with Crippen LogP contribution in [0, 0.1) is 28.6 Å². The summed E-state index contributed by atoms with van der Waals surface area (Å²) < 4.78 is 11.8. The van der Waals surface area contributed by atoms with Crippen molar-refractivity contribution in [3.63, 3.8) is 0 Å². The molecule has 0 aromatic heterocycles. The van der Waals surface area contributed by atoms with E-state index in [0.29, 0.717) is 38.2 Å². The Balaban J connectivity index is 1.40. The van der Waals surface area contributed by atoms with E-state index in [1.807, 2.05) is 44.2 Å². The van der Waals surface area contributed by atoms with Crippen LogP contribution in [-0.4, -0.2) is 41.8 Å². The zero-order valence-electron chi connectivity index (χ0n) is 20.9. The van der Waals surface area contributed by atoms with Gasteiger partial charge < -0.3 is 14.6 Å². The molecular weight excluding hydrogens is 428 g/mol. The number of carbonyl (C=O) groups is 2. The molecule has 2 saturated carbocycles. The smallest absolute Gasteiger partial charge is 0.306 e. The van der Waals surface area contributed by atoms with E-state index in [0.717, 1.165) is 29.6 Å². The highest BCUT2D eigenvalue weighted by Crippen LogP contribution is 2.59. The van der Waals surface area contributed by atoms with Crippen molar-refractivity contribution < 1.29 is 24.2 Å². The lowest BCUT2D eigenvalue weighted by Gasteiger charge is -2.59. The van der Waals surface area contributed by atoms with E-state index in [2.05, 4.69) is 13.8 Å². The maximum Gasteiger partial charge on any atom is 0.306 e. The number of aliphatic hydroxyl groups excluding tert-OH is 1. The van der Waals surface area contributed by atoms with Crippen LogP contribution in [-0.2, 0) is 25.5 Å². The van der Waals surface area contributed by atoms with Gasteiger partial charge in [0, 0.05) is 25.2 Å². The van der Waals surface area contributed by atoms with Gasteiger partial charge in [0.1, 0.15) is 11.9 Å². The molecule has 5 heteroatoms. The summed E-state index contributed by atoms with van der Waals surface area (Å²) in [5.74, 6) is 0.656. The summed E-state index contributed by atoms with van der Waals surface area (Å²) in [7, 11) is 0. The second-order valence-electron chi connectivity index (χ2n) is 11.8. The van der Waals surface area contributed by atoms with Crippen LogP contribution >= 0.6 is 0 Å². The summed E-state index contributed by atoms with van der Waals surface area (Å²) >= 11 is 0. The lowest BCUT2D eigenvalue weighted by Crippen LogP contribution is -2.63. The van der Waals surface area contributed by atoms with Crippen LogP contribution < -0.4 is 0 Å². The Hall–Kier alpha value is -1.98. The van der Waals surface area contributed by atoms with Crippen molar-refractivity contribution in [2.45, 2.75) is 84.5 Å². The number of esters is 1. The number of aryl methyl sites for hydroxylation is 1. The molecule has 2 bridgehead atoms. The predicted molar refractivity (Wildman–Crippen MR) is 129 cm³/mol. The average molecular weight is 467 g/mol. The fraction of sp³-hybridized carbons (Fsp3) is 0.655. The second kappa shape index (κ2) is 8.60. The standard InChI is InChI=1S/C29H38O5/c1-17-21-14-25(30)29(4)22(20-16-33-24(20)15-26(29)31)12-19(28(21,2)3)13-23(17)34-27(32)11-10-18-8-6-5-7-9-18/h5-9,19-20,22-24,26,31H,10-16H2,1-4H3/t19?,20?,22?,23-,24?,26?,29?/m0/s1. The molecule has 184 valence electrons. The van der Waals surface area contributed by atoms with Crippen molar-refractivity contribution in [2.75, 3.05) is 6.61 Å². The van der Waals surface area contributed by atoms with E-state index in [-0.39, 0.29) is 41.2 Å². The molecular formula is C29H38O5. The molecule has 7 atom stereocenters. The van der Waals surface area contributed by atoms with E-state index >= 15 is 0 Å². The minimum absolute atomic E-state index is 0.0652. The van der Waals surface area contributed by atoms with Crippen molar-refractivity contribution in [3.8, 4) is 0 Å². The van der Waals surface area contributed by atoms with Gasteiger partial charge in [0.15, 0.2) is 0 Å². The molecule has 5 rings (SSSR count). The number of aliphatic hydroxyl groups is 1. The molecule has 0 amide bonds. The number of hydrogen-bond acceptors (Lipinski definition) is 5. The zero-order chi connectivity index (χ0) is 24.3. The van der Waals surface area contributed by atoms with Gasteiger partial charge in [0.25, 0.3) is 0 Å². The molecule has 1 N–H and O–H groups in total. The summed E-state index contributed by atoms with van der Waals surface area (Å²) in [4.78, 5) is 26.6. The number of hydrogen-bond donors (Lipinski definition) is 1. The quantitative estimate of drug-likeness (QED) is 0.516. The fourth-order valence-corrected chi connectivity index (χ4v) is 7.27. The van der Waals surface area contributed by atoms with Gasteiger partial charge in [-0.15, -0.1) is 0 Å². The van der Waals surface area contributed by atoms with Gasteiger partial charge in [-0.1, -0.05) is 49.8 Å². The molecule has 1 saturated heterocycles. The van der Waals surface area contributed by atoms with Crippen LogP contribution in [0.2, 0.25) is 0 Å². The largest absolute Gasteiger partial charge is 0.458 e. The van der Waals surface area contributed by atoms with Crippen LogP contribution in [0.3, 0.4) is 0 Å². The Bertz CT molecular complexity index is 995. The summed E-state index contributed by atoms with van der Waals surface area (Å²) in [6.07, 6.45) is 2.64. The monoisotopic (exact) mass is 466 g/mol. The summed E-state index contributed by atoms with van der Waals surface area (Å²) in [6, 6.07) is 10.00. The predicted octanol–water partition coefficient (Wildman–Crippen LogP) is 4.66. The van der Waals surface area contributed by atoms with Crippen molar-refractivity contribution >= 4 is 11.8 Å². The van der Waals surface area contributed by atoms with E-state index in [4.69, 9.17) is 9.47 Å². The second-order valence-corrected chi connectivity index (χ2v) is 11.8. The first-order valence-electron chi connectivity index (χ1n) is 12.9. The highest BCUT2D eigenvalue weighted by molar-refractivity contribution is 5.88. The Labute approximate surface area is 202 Å². The van der Waals surface area contributed by atoms with Crippen LogP contribution in [0.25, 0.3) is 0 Å². The molecule has 0 spiro atoms. The highest BCUT2D eigenvalue weighted by atomic mass is 16.5. The number of fused-ring (bicyclic) bond motifs is 5. The molecule has 4 aliphatic rings. The number of allylic oxidation sites excluding steroid dienone is 1. The van der Waals surface area contributed by atoms with Crippen molar-refractivity contribution in [3.05, 3.63) is 47.0 Å². The summed E-state index contributed by atoms with van der Waals surface area (Å²) in [5.41, 5.74) is 2.39. The third-order valence-electron chi connectivity index (χ3n) is 9.88. The minimum Gasteiger partial charge on any atom is -0.458 e. The normalized spacial score (nSPS) is 38.7. The maximum atomic E-state index is 13.8. The third-order valence-corrected chi connectivity index (χ3v) is 9.88. The van der Waals surface area contributed by atoms with Gasteiger partial charge in [0.05, 0.1) is 24.2 Å². The zero-order valence-corrected chi connectivity index (χ0v) is 20.9. The van der Waals surface area contributed by atoms with Crippen molar-refractivity contribution in [1.82, 2.24) is 0 Å². The number of ketones is 1. The third kappa shape index (κ3) is 3.76. The number of Topliss-reactive ketones (excluding diaryl/α,β-unsaturated/α-hetero) is 1. The van der Waals surface area contributed by atoms with Gasteiger partial charge in [-0.05, 0) is 61.5 Å². The molecule has 34 heavy (non-hydrogen) atoms. The van der Waals surface area contributed by atoms with E-state index in [9.17, 15) is 14.7 Å². The molecule has 3 aliphatic carbocycles. The summed E-state index contributed by atoms with van der Waals surface area (Å²) in [5, 5.41) is 11.1. The van der Waals surface area contributed by atoms with Crippen molar-refractivity contribution in [2.24, 2.45) is 28.6 Å². The Morgan fingerprint density at radius 3 is 2.56 bits per heavy atom. The topological polar surface area (TPSA) is 72.8 Å². The molecule has 0 radical (unpaired) electrons. The first kappa shape index (κ1) is 23.7. The maximum absolute atomic E-state index is 13.8. The van der Waals surface area contributed by atoms with Gasteiger partial charge in [-0.3, -0.25) is 9.59 Å². The van der Waals surface area contributed by atoms with E-state index in [1.54, 1.807) is 0 Å². The van der Waals surface area contributed by atoms with Gasteiger partial charge >= 0.3 is 5.97 Å². The van der Waals surface area contributed by atoms with Crippen LogP contribution in [0.4, 0.5) is 0 Å². The van der Waals surface area contributed by atoms with Crippen LogP contribution in [0.15, 0.2) is 41.5 Å². The van der Waals surface area contributed by atoms with E-state index < -0.39 is 11.5 Å². The van der Waals surface area contributed by atoms with Crippen LogP contribution in [0.1, 0.15) is 65.4 Å². The number of benzene rings is 1.